The average molecular weight is 362 g/mol. The van der Waals surface area contributed by atoms with Crippen LogP contribution in [0.3, 0.4) is 0 Å². The van der Waals surface area contributed by atoms with Gasteiger partial charge >= 0.3 is 48.9 Å². The van der Waals surface area contributed by atoms with E-state index in [1.165, 1.54) is 0 Å². The van der Waals surface area contributed by atoms with Crippen LogP contribution in [0.25, 0.3) is 0 Å². The molecule has 2 nitrogen and oxygen atoms in total. The Hall–Kier alpha value is -0.649. The van der Waals surface area contributed by atoms with E-state index in [2.05, 4.69) is 0 Å². The van der Waals surface area contributed by atoms with Crippen molar-refractivity contribution in [3.8, 4) is 0 Å². The molecule has 0 saturated heterocycles. The fourth-order valence-corrected chi connectivity index (χ4v) is 1.60. The molecule has 0 spiro atoms. The first-order valence-electron chi connectivity index (χ1n) is 5.44. The summed E-state index contributed by atoms with van der Waals surface area (Å²) >= 11 is 0. The van der Waals surface area contributed by atoms with Crippen LogP contribution in [-0.2, 0) is 0 Å². The molecule has 0 saturated carbocycles. The van der Waals surface area contributed by atoms with Crippen LogP contribution in [0.4, 0.5) is 0 Å². The topological polar surface area (TPSA) is 34.1 Å². The van der Waals surface area contributed by atoms with Gasteiger partial charge in [-0.15, -0.1) is 0 Å². The van der Waals surface area contributed by atoms with E-state index >= 15 is 0 Å². The molecule has 0 aromatic heterocycles. The van der Waals surface area contributed by atoms with E-state index in [0.717, 1.165) is 0 Å². The monoisotopic (exact) mass is 362 g/mol. The molecule has 0 heterocycles. The molecule has 18 heavy (non-hydrogen) atoms. The zero-order chi connectivity index (χ0) is 12.1. The molecule has 0 aliphatic carbocycles. The quantitative estimate of drug-likeness (QED) is 0.477. The molecule has 2 aromatic rings. The molecule has 2 aromatic carbocycles. The van der Waals surface area contributed by atoms with E-state index in [-0.39, 0.29) is 66.9 Å². The van der Waals surface area contributed by atoms with Crippen molar-refractivity contribution in [3.63, 3.8) is 0 Å². The van der Waals surface area contributed by atoms with Crippen molar-refractivity contribution in [2.75, 3.05) is 0 Å². The summed E-state index contributed by atoms with van der Waals surface area (Å²) in [5, 5.41) is 0. The molecular weight excluding hydrogens is 349 g/mol. The zero-order valence-corrected chi connectivity index (χ0v) is 14.4. The van der Waals surface area contributed by atoms with Gasteiger partial charge in [0.05, 0.1) is 6.42 Å². The summed E-state index contributed by atoms with van der Waals surface area (Å²) in [6, 6.07) is 17.7. The Morgan fingerprint density at radius 3 is 1.33 bits per heavy atom. The fourth-order valence-electron chi connectivity index (χ4n) is 1.60. The van der Waals surface area contributed by atoms with Crippen LogP contribution in [0.2, 0.25) is 0 Å². The maximum absolute atomic E-state index is 11.8. The van der Waals surface area contributed by atoms with Crippen LogP contribution in [0, 0.1) is 0 Å². The second-order valence-electron chi connectivity index (χ2n) is 3.76. The van der Waals surface area contributed by atoms with Gasteiger partial charge in [0, 0.05) is 11.1 Å². The second kappa shape index (κ2) is 7.71. The molecular formula is C15H12BaO2+2. The van der Waals surface area contributed by atoms with Crippen molar-refractivity contribution in [2.24, 2.45) is 0 Å². The van der Waals surface area contributed by atoms with Crippen molar-refractivity contribution >= 4 is 60.4 Å². The predicted octanol–water partition coefficient (Wildman–Crippen LogP) is 2.76. The van der Waals surface area contributed by atoms with Crippen molar-refractivity contribution in [1.29, 1.82) is 0 Å². The van der Waals surface area contributed by atoms with Gasteiger partial charge < -0.3 is 0 Å². The number of carbonyl (C=O) groups is 2. The molecule has 0 aliphatic heterocycles. The van der Waals surface area contributed by atoms with E-state index < -0.39 is 0 Å². The maximum Gasteiger partial charge on any atom is 2.00 e. The molecule has 0 amide bonds. The standard InChI is InChI=1S/C15H12O2.Ba/c16-14(12-7-3-1-4-8-12)11-15(17)13-9-5-2-6-10-13;/h1-10H,11H2;/q;+2. The van der Waals surface area contributed by atoms with Gasteiger partial charge in [-0.25, -0.2) is 0 Å². The second-order valence-corrected chi connectivity index (χ2v) is 3.76. The van der Waals surface area contributed by atoms with E-state index in [9.17, 15) is 9.59 Å². The average Bonchev–Trinajstić information content (AvgIpc) is 2.40. The van der Waals surface area contributed by atoms with E-state index in [4.69, 9.17) is 0 Å². The van der Waals surface area contributed by atoms with Gasteiger partial charge in [-0.3, -0.25) is 9.59 Å². The summed E-state index contributed by atoms with van der Waals surface area (Å²) in [5.41, 5.74) is 1.16. The number of carbonyl (C=O) groups excluding carboxylic acids is 2. The molecule has 3 heteroatoms. The van der Waals surface area contributed by atoms with Gasteiger partial charge in [0.1, 0.15) is 0 Å². The van der Waals surface area contributed by atoms with E-state index in [1.807, 2.05) is 12.1 Å². The minimum Gasteiger partial charge on any atom is -0.294 e. The zero-order valence-electron chi connectivity index (χ0n) is 10.0. The van der Waals surface area contributed by atoms with E-state index in [1.54, 1.807) is 48.5 Å². The largest absolute Gasteiger partial charge is 2.00 e. The number of hydrogen-bond acceptors (Lipinski definition) is 2. The number of benzene rings is 2. The molecule has 0 bridgehead atoms. The van der Waals surface area contributed by atoms with Crippen LogP contribution in [0.1, 0.15) is 27.1 Å². The molecule has 2 rings (SSSR count). The van der Waals surface area contributed by atoms with Crippen LogP contribution in [0.15, 0.2) is 60.7 Å². The van der Waals surface area contributed by atoms with Gasteiger partial charge in [0.2, 0.25) is 0 Å². The van der Waals surface area contributed by atoms with Crippen LogP contribution < -0.4 is 0 Å². The third-order valence-corrected chi connectivity index (χ3v) is 2.51. The Kier molecular flexibility index (Phi) is 6.60. The van der Waals surface area contributed by atoms with Crippen LogP contribution in [-0.4, -0.2) is 60.4 Å². The van der Waals surface area contributed by atoms with Gasteiger partial charge in [0.25, 0.3) is 0 Å². The Bertz CT molecular complexity index is 471. The van der Waals surface area contributed by atoms with E-state index in [0.29, 0.717) is 11.1 Å². The Balaban J connectivity index is 0.00000162. The number of rotatable bonds is 4. The number of hydrogen-bond donors (Lipinski definition) is 0. The van der Waals surface area contributed by atoms with Gasteiger partial charge in [-0.1, -0.05) is 60.7 Å². The van der Waals surface area contributed by atoms with Gasteiger partial charge in [-0.2, -0.15) is 0 Å². The van der Waals surface area contributed by atoms with Crippen molar-refractivity contribution in [2.45, 2.75) is 6.42 Å². The Morgan fingerprint density at radius 1 is 0.667 bits per heavy atom. The van der Waals surface area contributed by atoms with Crippen LogP contribution >= 0.6 is 0 Å². The molecule has 0 N–H and O–H groups in total. The summed E-state index contributed by atoms with van der Waals surface area (Å²) in [5.74, 6) is -0.279. The normalized spacial score (nSPS) is 9.33. The summed E-state index contributed by atoms with van der Waals surface area (Å²) in [7, 11) is 0. The number of ketones is 2. The maximum atomic E-state index is 11.8. The predicted molar refractivity (Wildman–Crippen MR) is 71.9 cm³/mol. The Labute approximate surface area is 146 Å². The first-order chi connectivity index (χ1) is 8.27. The molecule has 0 aliphatic rings. The summed E-state index contributed by atoms with van der Waals surface area (Å²) in [6.07, 6.45) is -0.0754. The van der Waals surface area contributed by atoms with Crippen molar-refractivity contribution in [1.82, 2.24) is 0 Å². The van der Waals surface area contributed by atoms with Gasteiger partial charge in [0.15, 0.2) is 11.6 Å². The first kappa shape index (κ1) is 15.4. The smallest absolute Gasteiger partial charge is 0.294 e. The fraction of sp³-hybridized carbons (Fsp3) is 0.0667. The van der Waals surface area contributed by atoms with Crippen molar-refractivity contribution in [3.05, 3.63) is 71.8 Å². The third kappa shape index (κ3) is 4.23. The van der Waals surface area contributed by atoms with Crippen molar-refractivity contribution < 1.29 is 9.59 Å². The summed E-state index contributed by atoms with van der Waals surface area (Å²) in [4.78, 5) is 23.6. The minimum absolute atomic E-state index is 0. The molecule has 0 unspecified atom stereocenters. The van der Waals surface area contributed by atoms with Gasteiger partial charge in [-0.05, 0) is 0 Å². The SMILES string of the molecule is O=C(CC(=O)c1ccccc1)c1ccccc1.[Ba+2]. The third-order valence-electron chi connectivity index (χ3n) is 2.51. The van der Waals surface area contributed by atoms with Crippen LogP contribution in [0.5, 0.6) is 0 Å². The summed E-state index contributed by atoms with van der Waals surface area (Å²) in [6.45, 7) is 0. The summed E-state index contributed by atoms with van der Waals surface area (Å²) < 4.78 is 0. The Morgan fingerprint density at radius 2 is 1.00 bits per heavy atom. The molecule has 0 radical (unpaired) electrons. The molecule has 0 atom stereocenters. The number of Topliss-reactive ketones (excluding diaryl/α,β-unsaturated/α-hetero) is 2. The molecule has 0 fully saturated rings. The minimum atomic E-state index is -0.139. The first-order valence-corrected chi connectivity index (χ1v) is 5.44. The molecule has 84 valence electrons.